The summed E-state index contributed by atoms with van der Waals surface area (Å²) in [6.45, 7) is 8.34. The van der Waals surface area contributed by atoms with E-state index in [0.717, 1.165) is 43.1 Å². The molecule has 1 saturated heterocycles. The van der Waals surface area contributed by atoms with Crippen LogP contribution in [0.5, 0.6) is 0 Å². The lowest BCUT2D eigenvalue weighted by atomic mass is 10.2. The van der Waals surface area contributed by atoms with Gasteiger partial charge < -0.3 is 9.80 Å². The highest BCUT2D eigenvalue weighted by atomic mass is 35.5. The molecule has 1 aromatic rings. The van der Waals surface area contributed by atoms with Crippen LogP contribution in [0.15, 0.2) is 0 Å². The van der Waals surface area contributed by atoms with Crippen LogP contribution < -0.4 is 4.90 Å². The second kappa shape index (κ2) is 5.19. The molecule has 4 nitrogen and oxygen atoms in total. The summed E-state index contributed by atoms with van der Waals surface area (Å²) < 4.78 is 0. The molecular formula is C12H19ClN4. The van der Waals surface area contributed by atoms with Crippen LogP contribution in [0.1, 0.15) is 17.5 Å². The molecule has 0 N–H and O–H groups in total. The first-order valence-corrected chi connectivity index (χ1v) is 6.40. The molecule has 1 fully saturated rings. The third-order valence-corrected chi connectivity index (χ3v) is 3.82. The molecule has 94 valence electrons. The largest absolute Gasteiger partial charge is 0.354 e. The quantitative estimate of drug-likeness (QED) is 0.766. The Morgan fingerprint density at radius 3 is 2.53 bits per heavy atom. The first kappa shape index (κ1) is 12.6. The van der Waals surface area contributed by atoms with Crippen molar-refractivity contribution < 1.29 is 0 Å². The van der Waals surface area contributed by atoms with Gasteiger partial charge in [-0.05, 0) is 45.0 Å². The lowest BCUT2D eigenvalue weighted by molar-refractivity contribution is 0.360. The first-order valence-electron chi connectivity index (χ1n) is 6.02. The summed E-state index contributed by atoms with van der Waals surface area (Å²) in [6, 6.07) is 0. The zero-order chi connectivity index (χ0) is 12.4. The molecule has 1 aliphatic rings. The Balaban J connectivity index is 2.24. The van der Waals surface area contributed by atoms with E-state index in [1.54, 1.807) is 0 Å². The van der Waals surface area contributed by atoms with E-state index in [0.29, 0.717) is 5.15 Å². The SMILES string of the molecule is Cc1c(Cl)nnc(N2CCCN(C)CC2)c1C. The number of anilines is 1. The van der Waals surface area contributed by atoms with Gasteiger partial charge >= 0.3 is 0 Å². The van der Waals surface area contributed by atoms with Crippen LogP contribution >= 0.6 is 11.6 Å². The van der Waals surface area contributed by atoms with Crippen molar-refractivity contribution in [2.75, 3.05) is 38.1 Å². The summed E-state index contributed by atoms with van der Waals surface area (Å²) in [5.41, 5.74) is 2.18. The van der Waals surface area contributed by atoms with Crippen LogP contribution in [-0.4, -0.2) is 48.3 Å². The summed E-state index contributed by atoms with van der Waals surface area (Å²) in [4.78, 5) is 4.67. The molecule has 0 bridgehead atoms. The van der Waals surface area contributed by atoms with Crippen molar-refractivity contribution in [2.24, 2.45) is 0 Å². The highest BCUT2D eigenvalue weighted by Crippen LogP contribution is 2.24. The summed E-state index contributed by atoms with van der Waals surface area (Å²) in [7, 11) is 2.16. The van der Waals surface area contributed by atoms with E-state index >= 15 is 0 Å². The molecule has 0 amide bonds. The zero-order valence-electron chi connectivity index (χ0n) is 10.7. The van der Waals surface area contributed by atoms with Gasteiger partial charge in [0.1, 0.15) is 0 Å². The van der Waals surface area contributed by atoms with Crippen molar-refractivity contribution in [3.05, 3.63) is 16.3 Å². The van der Waals surface area contributed by atoms with Gasteiger partial charge in [0.05, 0.1) is 0 Å². The molecule has 0 radical (unpaired) electrons. The molecule has 0 saturated carbocycles. The van der Waals surface area contributed by atoms with Crippen LogP contribution in [0.3, 0.4) is 0 Å². The Kier molecular flexibility index (Phi) is 3.84. The molecule has 1 aromatic heterocycles. The van der Waals surface area contributed by atoms with E-state index in [-0.39, 0.29) is 0 Å². The van der Waals surface area contributed by atoms with E-state index in [9.17, 15) is 0 Å². The maximum atomic E-state index is 5.98. The molecule has 1 aliphatic heterocycles. The standard InChI is InChI=1S/C12H19ClN4/c1-9-10(2)12(15-14-11(9)13)17-6-4-5-16(3)7-8-17/h4-8H2,1-3H3. The van der Waals surface area contributed by atoms with E-state index < -0.39 is 0 Å². The average Bonchev–Trinajstić information content (AvgIpc) is 2.52. The van der Waals surface area contributed by atoms with Crippen LogP contribution in [0, 0.1) is 13.8 Å². The van der Waals surface area contributed by atoms with Crippen LogP contribution in [-0.2, 0) is 0 Å². The van der Waals surface area contributed by atoms with E-state index in [1.165, 1.54) is 6.42 Å². The smallest absolute Gasteiger partial charge is 0.155 e. The number of aromatic nitrogens is 2. The van der Waals surface area contributed by atoms with Crippen molar-refractivity contribution >= 4 is 17.4 Å². The molecule has 0 atom stereocenters. The number of nitrogens with zero attached hydrogens (tertiary/aromatic N) is 4. The highest BCUT2D eigenvalue weighted by molar-refractivity contribution is 6.30. The number of rotatable bonds is 1. The van der Waals surface area contributed by atoms with Gasteiger partial charge in [0, 0.05) is 19.6 Å². The molecule has 17 heavy (non-hydrogen) atoms. The van der Waals surface area contributed by atoms with E-state index in [2.05, 4.69) is 34.0 Å². The van der Waals surface area contributed by atoms with Gasteiger partial charge in [-0.3, -0.25) is 0 Å². The van der Waals surface area contributed by atoms with Gasteiger partial charge in [-0.25, -0.2) is 0 Å². The predicted octanol–water partition coefficient (Wildman–Crippen LogP) is 1.89. The predicted molar refractivity (Wildman–Crippen MR) is 70.8 cm³/mol. The van der Waals surface area contributed by atoms with Crippen molar-refractivity contribution in [1.82, 2.24) is 15.1 Å². The minimum absolute atomic E-state index is 0.512. The maximum Gasteiger partial charge on any atom is 0.155 e. The van der Waals surface area contributed by atoms with Crippen molar-refractivity contribution in [1.29, 1.82) is 0 Å². The number of halogens is 1. The Morgan fingerprint density at radius 1 is 1.00 bits per heavy atom. The van der Waals surface area contributed by atoms with Crippen molar-refractivity contribution in [3.63, 3.8) is 0 Å². The maximum absolute atomic E-state index is 5.98. The minimum Gasteiger partial charge on any atom is -0.354 e. The Morgan fingerprint density at radius 2 is 1.76 bits per heavy atom. The van der Waals surface area contributed by atoms with Gasteiger partial charge in [0.15, 0.2) is 11.0 Å². The Hall–Kier alpha value is -0.870. The second-order valence-electron chi connectivity index (χ2n) is 4.71. The lowest BCUT2D eigenvalue weighted by Crippen LogP contribution is -2.30. The molecule has 0 spiro atoms. The monoisotopic (exact) mass is 254 g/mol. The summed E-state index contributed by atoms with van der Waals surface area (Å²) in [5.74, 6) is 0.988. The third kappa shape index (κ3) is 2.69. The Bertz CT molecular complexity index is 408. The zero-order valence-corrected chi connectivity index (χ0v) is 11.5. The normalized spacial score (nSPS) is 18.2. The van der Waals surface area contributed by atoms with Gasteiger partial charge in [-0.1, -0.05) is 11.6 Å². The summed E-state index contributed by atoms with van der Waals surface area (Å²) >= 11 is 5.98. The highest BCUT2D eigenvalue weighted by Gasteiger charge is 2.17. The van der Waals surface area contributed by atoms with Crippen LogP contribution in [0.4, 0.5) is 5.82 Å². The fourth-order valence-electron chi connectivity index (χ4n) is 2.12. The topological polar surface area (TPSA) is 32.3 Å². The molecule has 2 heterocycles. The molecule has 0 unspecified atom stereocenters. The van der Waals surface area contributed by atoms with Crippen LogP contribution in [0.2, 0.25) is 5.15 Å². The van der Waals surface area contributed by atoms with Gasteiger partial charge in [0.2, 0.25) is 0 Å². The fraction of sp³-hybridized carbons (Fsp3) is 0.667. The fourth-order valence-corrected chi connectivity index (χ4v) is 2.30. The molecule has 2 rings (SSSR count). The molecular weight excluding hydrogens is 236 g/mol. The van der Waals surface area contributed by atoms with E-state index in [4.69, 9.17) is 11.6 Å². The lowest BCUT2D eigenvalue weighted by Gasteiger charge is -2.23. The summed E-state index contributed by atoms with van der Waals surface area (Å²) in [6.07, 6.45) is 1.17. The van der Waals surface area contributed by atoms with Crippen molar-refractivity contribution in [3.8, 4) is 0 Å². The van der Waals surface area contributed by atoms with Gasteiger partial charge in [0.25, 0.3) is 0 Å². The van der Waals surface area contributed by atoms with E-state index in [1.807, 2.05) is 6.92 Å². The number of hydrogen-bond donors (Lipinski definition) is 0. The Labute approximate surface area is 108 Å². The van der Waals surface area contributed by atoms with Crippen LogP contribution in [0.25, 0.3) is 0 Å². The minimum atomic E-state index is 0.512. The summed E-state index contributed by atoms with van der Waals surface area (Å²) in [5, 5.41) is 8.79. The number of hydrogen-bond acceptors (Lipinski definition) is 4. The van der Waals surface area contributed by atoms with Gasteiger partial charge in [-0.2, -0.15) is 0 Å². The molecule has 0 aliphatic carbocycles. The molecule has 5 heteroatoms. The third-order valence-electron chi connectivity index (χ3n) is 3.46. The first-order chi connectivity index (χ1) is 8.09. The average molecular weight is 255 g/mol. The number of likely N-dealkylation sites (N-methyl/N-ethyl adjacent to an activating group) is 1. The van der Waals surface area contributed by atoms with Crippen molar-refractivity contribution in [2.45, 2.75) is 20.3 Å². The second-order valence-corrected chi connectivity index (χ2v) is 5.07. The molecule has 0 aromatic carbocycles. The van der Waals surface area contributed by atoms with Gasteiger partial charge in [-0.15, -0.1) is 10.2 Å².